The second kappa shape index (κ2) is 10.1. The van der Waals surface area contributed by atoms with Gasteiger partial charge in [0.1, 0.15) is 0 Å². The molecular formula is C21H32ClN3O2. The van der Waals surface area contributed by atoms with Crippen LogP contribution in [0.3, 0.4) is 0 Å². The molecule has 0 saturated carbocycles. The van der Waals surface area contributed by atoms with Crippen LogP contribution in [-0.4, -0.2) is 48.9 Å². The minimum absolute atomic E-state index is 0. The van der Waals surface area contributed by atoms with Gasteiger partial charge in [-0.25, -0.2) is 0 Å². The predicted molar refractivity (Wildman–Crippen MR) is 111 cm³/mol. The molecule has 2 fully saturated rings. The monoisotopic (exact) mass is 393 g/mol. The first-order valence-electron chi connectivity index (χ1n) is 10.0. The molecule has 5 nitrogen and oxygen atoms in total. The molecule has 27 heavy (non-hydrogen) atoms. The molecule has 0 bridgehead atoms. The molecule has 0 aromatic heterocycles. The highest BCUT2D eigenvalue weighted by molar-refractivity contribution is 6.00. The largest absolute Gasteiger partial charge is 0.339 e. The fraction of sp³-hybridized carbons (Fsp3) is 0.619. The maximum atomic E-state index is 13.2. The maximum Gasteiger partial charge on any atom is 0.228 e. The second-order valence-corrected chi connectivity index (χ2v) is 7.44. The van der Waals surface area contributed by atoms with E-state index in [-0.39, 0.29) is 30.1 Å². The summed E-state index contributed by atoms with van der Waals surface area (Å²) in [5, 5.41) is 3.36. The lowest BCUT2D eigenvalue weighted by Crippen LogP contribution is -2.48. The molecule has 1 atom stereocenters. The summed E-state index contributed by atoms with van der Waals surface area (Å²) in [6.07, 6.45) is 4.29. The van der Waals surface area contributed by atoms with Gasteiger partial charge in [0.15, 0.2) is 0 Å². The van der Waals surface area contributed by atoms with Gasteiger partial charge in [-0.15, -0.1) is 12.4 Å². The number of piperidine rings is 1. The smallest absolute Gasteiger partial charge is 0.228 e. The molecule has 6 heteroatoms. The van der Waals surface area contributed by atoms with Gasteiger partial charge >= 0.3 is 0 Å². The highest BCUT2D eigenvalue weighted by Crippen LogP contribution is 2.28. The number of nitrogens with zero attached hydrogens (tertiary/aromatic N) is 2. The minimum Gasteiger partial charge on any atom is -0.339 e. The molecule has 1 aromatic rings. The molecule has 1 aromatic carbocycles. The van der Waals surface area contributed by atoms with Gasteiger partial charge in [0.25, 0.3) is 0 Å². The van der Waals surface area contributed by atoms with Crippen molar-refractivity contribution in [3.05, 3.63) is 29.8 Å². The minimum atomic E-state index is -0.213. The van der Waals surface area contributed by atoms with Crippen molar-refractivity contribution in [2.24, 2.45) is 5.92 Å². The number of amides is 2. The number of rotatable bonds is 6. The van der Waals surface area contributed by atoms with Gasteiger partial charge in [-0.2, -0.15) is 0 Å². The molecule has 1 N–H and O–H groups in total. The zero-order valence-corrected chi connectivity index (χ0v) is 17.3. The van der Waals surface area contributed by atoms with E-state index in [0.29, 0.717) is 19.0 Å². The van der Waals surface area contributed by atoms with Crippen LogP contribution in [0.2, 0.25) is 0 Å². The quantitative estimate of drug-likeness (QED) is 0.808. The summed E-state index contributed by atoms with van der Waals surface area (Å²) in [6, 6.07) is 8.45. The molecule has 0 spiro atoms. The first kappa shape index (κ1) is 21.7. The van der Waals surface area contributed by atoms with E-state index in [9.17, 15) is 9.59 Å². The summed E-state index contributed by atoms with van der Waals surface area (Å²) >= 11 is 0. The standard InChI is InChI=1S/C21H31N3O2.ClH/c1-3-13-23(19-9-11-22-12-10-19)21(26)17-14-20(25)24(15-17)18-7-5-16(4-2)6-8-18;/h5-8,17,19,22H,3-4,9-15H2,1-2H3;1H. The third-order valence-corrected chi connectivity index (χ3v) is 5.63. The second-order valence-electron chi connectivity index (χ2n) is 7.44. The summed E-state index contributed by atoms with van der Waals surface area (Å²) in [4.78, 5) is 29.6. The molecule has 150 valence electrons. The highest BCUT2D eigenvalue weighted by Gasteiger charge is 2.38. The lowest BCUT2D eigenvalue weighted by atomic mass is 10.0. The summed E-state index contributed by atoms with van der Waals surface area (Å²) in [6.45, 7) is 7.47. The SMILES string of the molecule is CCCN(C(=O)C1CC(=O)N(c2ccc(CC)cc2)C1)C1CCNCC1.Cl. The van der Waals surface area contributed by atoms with Crippen molar-refractivity contribution in [1.29, 1.82) is 0 Å². The molecule has 2 aliphatic rings. The third kappa shape index (κ3) is 5.02. The van der Waals surface area contributed by atoms with E-state index >= 15 is 0 Å². The Morgan fingerprint density at radius 1 is 1.19 bits per heavy atom. The van der Waals surface area contributed by atoms with Crippen molar-refractivity contribution in [1.82, 2.24) is 10.2 Å². The topological polar surface area (TPSA) is 52.7 Å². The summed E-state index contributed by atoms with van der Waals surface area (Å²) in [5.74, 6) is 0.0175. The van der Waals surface area contributed by atoms with Crippen molar-refractivity contribution < 1.29 is 9.59 Å². The Hall–Kier alpha value is -1.59. The number of anilines is 1. The lowest BCUT2D eigenvalue weighted by Gasteiger charge is -2.36. The van der Waals surface area contributed by atoms with E-state index in [1.54, 1.807) is 4.90 Å². The van der Waals surface area contributed by atoms with Crippen LogP contribution >= 0.6 is 12.4 Å². The zero-order valence-electron chi connectivity index (χ0n) is 16.4. The molecule has 0 radical (unpaired) electrons. The Labute approximate surface area is 168 Å². The van der Waals surface area contributed by atoms with Crippen molar-refractivity contribution >= 4 is 29.9 Å². The van der Waals surface area contributed by atoms with Gasteiger partial charge in [-0.1, -0.05) is 26.0 Å². The van der Waals surface area contributed by atoms with Gasteiger partial charge < -0.3 is 15.1 Å². The Morgan fingerprint density at radius 2 is 1.85 bits per heavy atom. The Morgan fingerprint density at radius 3 is 2.44 bits per heavy atom. The molecule has 3 rings (SSSR count). The van der Waals surface area contributed by atoms with E-state index in [1.807, 2.05) is 12.1 Å². The number of hydrogen-bond donors (Lipinski definition) is 1. The van der Waals surface area contributed by atoms with Crippen LogP contribution < -0.4 is 10.2 Å². The first-order chi connectivity index (χ1) is 12.6. The van der Waals surface area contributed by atoms with Gasteiger partial charge in [0, 0.05) is 31.2 Å². The van der Waals surface area contributed by atoms with E-state index < -0.39 is 0 Å². The summed E-state index contributed by atoms with van der Waals surface area (Å²) in [5.41, 5.74) is 2.17. The molecule has 2 aliphatic heterocycles. The summed E-state index contributed by atoms with van der Waals surface area (Å²) < 4.78 is 0. The van der Waals surface area contributed by atoms with Crippen molar-refractivity contribution in [3.8, 4) is 0 Å². The fourth-order valence-corrected chi connectivity index (χ4v) is 4.10. The van der Waals surface area contributed by atoms with Crippen LogP contribution in [0.25, 0.3) is 0 Å². The van der Waals surface area contributed by atoms with Crippen LogP contribution in [0.1, 0.15) is 45.1 Å². The Bertz CT molecular complexity index is 629. The average molecular weight is 394 g/mol. The van der Waals surface area contributed by atoms with Crippen molar-refractivity contribution in [3.63, 3.8) is 0 Å². The van der Waals surface area contributed by atoms with Crippen LogP contribution in [-0.2, 0) is 16.0 Å². The van der Waals surface area contributed by atoms with Crippen LogP contribution in [0.5, 0.6) is 0 Å². The van der Waals surface area contributed by atoms with Crippen LogP contribution in [0, 0.1) is 5.92 Å². The van der Waals surface area contributed by atoms with E-state index in [2.05, 4.69) is 36.2 Å². The number of aryl methyl sites for hydroxylation is 1. The molecule has 1 unspecified atom stereocenters. The Kier molecular flexibility index (Phi) is 8.11. The predicted octanol–water partition coefficient (Wildman–Crippen LogP) is 3.01. The molecule has 2 heterocycles. The highest BCUT2D eigenvalue weighted by atomic mass is 35.5. The molecule has 2 saturated heterocycles. The van der Waals surface area contributed by atoms with Crippen LogP contribution in [0.4, 0.5) is 5.69 Å². The number of carbonyl (C=O) groups is 2. The normalized spacial score (nSPS) is 20.4. The lowest BCUT2D eigenvalue weighted by molar-refractivity contribution is -0.138. The number of halogens is 1. The maximum absolute atomic E-state index is 13.2. The number of carbonyl (C=O) groups excluding carboxylic acids is 2. The van der Waals surface area contributed by atoms with Crippen molar-refractivity contribution in [2.75, 3.05) is 31.1 Å². The van der Waals surface area contributed by atoms with Gasteiger partial charge in [-0.3, -0.25) is 9.59 Å². The van der Waals surface area contributed by atoms with Crippen molar-refractivity contribution in [2.45, 2.75) is 52.0 Å². The zero-order chi connectivity index (χ0) is 18.5. The van der Waals surface area contributed by atoms with Crippen LogP contribution in [0.15, 0.2) is 24.3 Å². The number of benzene rings is 1. The third-order valence-electron chi connectivity index (χ3n) is 5.63. The van der Waals surface area contributed by atoms with E-state index in [1.165, 1.54) is 5.56 Å². The van der Waals surface area contributed by atoms with Gasteiger partial charge in [0.2, 0.25) is 11.8 Å². The average Bonchev–Trinajstić information content (AvgIpc) is 3.08. The Balaban J connectivity index is 0.00000261. The van der Waals surface area contributed by atoms with E-state index in [4.69, 9.17) is 0 Å². The molecule has 0 aliphatic carbocycles. The van der Waals surface area contributed by atoms with Gasteiger partial charge in [0.05, 0.1) is 5.92 Å². The first-order valence-corrected chi connectivity index (χ1v) is 10.0. The van der Waals surface area contributed by atoms with Gasteiger partial charge in [-0.05, 0) is 56.5 Å². The van der Waals surface area contributed by atoms with E-state index in [0.717, 1.165) is 51.0 Å². The molecule has 2 amide bonds. The molecular weight excluding hydrogens is 362 g/mol. The number of nitrogens with one attached hydrogen (secondary N) is 1. The fourth-order valence-electron chi connectivity index (χ4n) is 4.10. The number of hydrogen-bond acceptors (Lipinski definition) is 3. The summed E-state index contributed by atoms with van der Waals surface area (Å²) in [7, 11) is 0.